The van der Waals surface area contributed by atoms with E-state index in [0.717, 1.165) is 43.0 Å². The van der Waals surface area contributed by atoms with Crippen molar-refractivity contribution in [2.75, 3.05) is 13.1 Å². The molecule has 3 fully saturated rings. The number of thiocarbonyl (C=S) groups is 1. The van der Waals surface area contributed by atoms with E-state index in [4.69, 9.17) is 12.2 Å². The number of rotatable bonds is 3. The average molecular weight is 315 g/mol. The monoisotopic (exact) mass is 315 g/mol. The Morgan fingerprint density at radius 1 is 1.14 bits per heavy atom. The van der Waals surface area contributed by atoms with Gasteiger partial charge in [0.2, 0.25) is 0 Å². The number of hydrogen-bond acceptors (Lipinski definition) is 2. The standard InChI is InChI=1S/C17H21N3OS/c21-15(17(9-10-17)13-5-2-1-3-6-13)19-11-4-12-20(19)16(22)18-14-7-8-14/h1-3,5-6,14H,4,7-12H2,(H,18,22). The first-order chi connectivity index (χ1) is 10.7. The van der Waals surface area contributed by atoms with Crippen LogP contribution in [0.1, 0.15) is 37.7 Å². The molecule has 116 valence electrons. The number of nitrogens with zero attached hydrogens (tertiary/aromatic N) is 2. The number of hydrazine groups is 1. The van der Waals surface area contributed by atoms with Gasteiger partial charge in [-0.2, -0.15) is 0 Å². The van der Waals surface area contributed by atoms with E-state index in [1.165, 1.54) is 12.8 Å². The number of carbonyl (C=O) groups excluding carboxylic acids is 1. The van der Waals surface area contributed by atoms with Crippen molar-refractivity contribution in [3.05, 3.63) is 35.9 Å². The summed E-state index contributed by atoms with van der Waals surface area (Å²) < 4.78 is 0. The molecule has 4 nitrogen and oxygen atoms in total. The van der Waals surface area contributed by atoms with Gasteiger partial charge in [0.05, 0.1) is 5.41 Å². The third-order valence-corrected chi connectivity index (χ3v) is 5.22. The third kappa shape index (κ3) is 2.37. The van der Waals surface area contributed by atoms with Crippen LogP contribution in [0.25, 0.3) is 0 Å². The van der Waals surface area contributed by atoms with E-state index >= 15 is 0 Å². The lowest BCUT2D eigenvalue weighted by molar-refractivity contribution is -0.141. The van der Waals surface area contributed by atoms with Crippen LogP contribution in [0.5, 0.6) is 0 Å². The van der Waals surface area contributed by atoms with Crippen LogP contribution in [-0.4, -0.2) is 40.2 Å². The first-order valence-corrected chi connectivity index (χ1v) is 8.57. The Labute approximate surface area is 136 Å². The van der Waals surface area contributed by atoms with Crippen molar-refractivity contribution < 1.29 is 4.79 Å². The summed E-state index contributed by atoms with van der Waals surface area (Å²) in [5.74, 6) is 0.219. The second kappa shape index (κ2) is 5.23. The molecule has 1 aromatic rings. The normalized spacial score (nSPS) is 22.5. The second-order valence-corrected chi connectivity index (χ2v) is 6.96. The zero-order valence-electron chi connectivity index (χ0n) is 12.6. The highest BCUT2D eigenvalue weighted by Gasteiger charge is 2.54. The zero-order valence-corrected chi connectivity index (χ0v) is 13.4. The summed E-state index contributed by atoms with van der Waals surface area (Å²) in [7, 11) is 0. The van der Waals surface area contributed by atoms with Crippen molar-refractivity contribution in [2.45, 2.75) is 43.6 Å². The third-order valence-electron chi connectivity index (χ3n) is 4.89. The van der Waals surface area contributed by atoms with Gasteiger partial charge in [0.25, 0.3) is 5.91 Å². The van der Waals surface area contributed by atoms with Gasteiger partial charge in [0.15, 0.2) is 5.11 Å². The highest BCUT2D eigenvalue weighted by atomic mass is 32.1. The fourth-order valence-electron chi connectivity index (χ4n) is 3.27. The van der Waals surface area contributed by atoms with Crippen LogP contribution < -0.4 is 5.32 Å². The minimum Gasteiger partial charge on any atom is -0.358 e. The minimum atomic E-state index is -0.307. The van der Waals surface area contributed by atoms with Gasteiger partial charge >= 0.3 is 0 Å². The molecule has 1 heterocycles. The Bertz CT molecular complexity index is 595. The molecule has 3 aliphatic rings. The summed E-state index contributed by atoms with van der Waals surface area (Å²) in [5, 5.41) is 7.95. The lowest BCUT2D eigenvalue weighted by Crippen LogP contribution is -2.52. The Kier molecular flexibility index (Phi) is 3.33. The fraction of sp³-hybridized carbons (Fsp3) is 0.529. The lowest BCUT2D eigenvalue weighted by atomic mass is 9.95. The molecule has 0 aromatic heterocycles. The Morgan fingerprint density at radius 2 is 1.82 bits per heavy atom. The molecule has 0 bridgehead atoms. The van der Waals surface area contributed by atoms with Crippen molar-refractivity contribution in [3.8, 4) is 0 Å². The number of carbonyl (C=O) groups is 1. The number of benzene rings is 1. The van der Waals surface area contributed by atoms with Crippen LogP contribution in [0.3, 0.4) is 0 Å². The van der Waals surface area contributed by atoms with Crippen molar-refractivity contribution in [3.63, 3.8) is 0 Å². The van der Waals surface area contributed by atoms with E-state index in [1.54, 1.807) is 0 Å². The fourth-order valence-corrected chi connectivity index (χ4v) is 3.62. The Balaban J connectivity index is 1.53. The summed E-state index contributed by atoms with van der Waals surface area (Å²) in [6.07, 6.45) is 5.26. The molecule has 0 spiro atoms. The first-order valence-electron chi connectivity index (χ1n) is 8.16. The van der Waals surface area contributed by atoms with Crippen LogP contribution in [0.4, 0.5) is 0 Å². The molecule has 4 rings (SSSR count). The molecular weight excluding hydrogens is 294 g/mol. The first kappa shape index (κ1) is 14.0. The van der Waals surface area contributed by atoms with E-state index < -0.39 is 0 Å². The van der Waals surface area contributed by atoms with E-state index in [9.17, 15) is 4.79 Å². The van der Waals surface area contributed by atoms with Gasteiger partial charge in [-0.15, -0.1) is 0 Å². The van der Waals surface area contributed by atoms with Crippen molar-refractivity contribution in [2.24, 2.45) is 0 Å². The number of amides is 1. The summed E-state index contributed by atoms with van der Waals surface area (Å²) in [5.41, 5.74) is 0.840. The molecule has 2 aliphatic carbocycles. The van der Waals surface area contributed by atoms with E-state index in [1.807, 2.05) is 28.2 Å². The topological polar surface area (TPSA) is 35.6 Å². The van der Waals surface area contributed by atoms with Gasteiger partial charge in [-0.1, -0.05) is 30.3 Å². The van der Waals surface area contributed by atoms with E-state index in [2.05, 4.69) is 17.4 Å². The summed E-state index contributed by atoms with van der Waals surface area (Å²) in [6.45, 7) is 1.62. The Hall–Kier alpha value is -1.62. The van der Waals surface area contributed by atoms with Crippen LogP contribution in [0, 0.1) is 0 Å². The molecule has 1 N–H and O–H groups in total. The largest absolute Gasteiger partial charge is 0.358 e. The molecule has 2 saturated carbocycles. The molecule has 0 atom stereocenters. The maximum atomic E-state index is 13.1. The van der Waals surface area contributed by atoms with Gasteiger partial charge in [0, 0.05) is 19.1 Å². The smallest absolute Gasteiger partial charge is 0.251 e. The molecule has 1 aromatic carbocycles. The molecular formula is C17H21N3OS. The Morgan fingerprint density at radius 3 is 2.45 bits per heavy atom. The number of hydrogen-bond donors (Lipinski definition) is 1. The van der Waals surface area contributed by atoms with E-state index in [0.29, 0.717) is 6.04 Å². The molecule has 22 heavy (non-hydrogen) atoms. The van der Waals surface area contributed by atoms with Gasteiger partial charge in [-0.05, 0) is 49.9 Å². The quantitative estimate of drug-likeness (QED) is 0.868. The highest BCUT2D eigenvalue weighted by molar-refractivity contribution is 7.80. The maximum Gasteiger partial charge on any atom is 0.251 e. The molecule has 5 heteroatoms. The zero-order chi connectivity index (χ0) is 15.2. The molecule has 1 aliphatic heterocycles. The second-order valence-electron chi connectivity index (χ2n) is 6.58. The summed E-state index contributed by atoms with van der Waals surface area (Å²) in [4.78, 5) is 13.1. The van der Waals surface area contributed by atoms with Crippen LogP contribution >= 0.6 is 12.2 Å². The predicted octanol–water partition coefficient (Wildman–Crippen LogP) is 2.20. The molecule has 0 radical (unpaired) electrons. The van der Waals surface area contributed by atoms with Crippen molar-refractivity contribution >= 4 is 23.2 Å². The molecule has 0 unspecified atom stereocenters. The van der Waals surface area contributed by atoms with Crippen LogP contribution in [-0.2, 0) is 10.2 Å². The van der Waals surface area contributed by atoms with Crippen molar-refractivity contribution in [1.29, 1.82) is 0 Å². The maximum absolute atomic E-state index is 13.1. The van der Waals surface area contributed by atoms with Gasteiger partial charge in [0.1, 0.15) is 0 Å². The SMILES string of the molecule is O=C(N1CCCN1C(=S)NC1CC1)C1(c2ccccc2)CC1. The van der Waals surface area contributed by atoms with Crippen LogP contribution in [0.2, 0.25) is 0 Å². The van der Waals surface area contributed by atoms with E-state index in [-0.39, 0.29) is 11.3 Å². The molecule has 1 saturated heterocycles. The lowest BCUT2D eigenvalue weighted by Gasteiger charge is -2.33. The van der Waals surface area contributed by atoms with Gasteiger partial charge < -0.3 is 5.32 Å². The van der Waals surface area contributed by atoms with Crippen molar-refractivity contribution in [1.82, 2.24) is 15.3 Å². The number of nitrogens with one attached hydrogen (secondary N) is 1. The molecule has 1 amide bonds. The summed E-state index contributed by atoms with van der Waals surface area (Å²) in [6, 6.07) is 10.7. The predicted molar refractivity (Wildman–Crippen MR) is 89.1 cm³/mol. The minimum absolute atomic E-state index is 0.219. The van der Waals surface area contributed by atoms with Crippen LogP contribution in [0.15, 0.2) is 30.3 Å². The summed E-state index contributed by atoms with van der Waals surface area (Å²) >= 11 is 5.51. The average Bonchev–Trinajstić information content (AvgIpc) is 3.46. The van der Waals surface area contributed by atoms with Gasteiger partial charge in [-0.25, -0.2) is 0 Å². The highest BCUT2D eigenvalue weighted by Crippen LogP contribution is 2.50. The van der Waals surface area contributed by atoms with Gasteiger partial charge in [-0.3, -0.25) is 14.8 Å².